The van der Waals surface area contributed by atoms with Crippen molar-refractivity contribution in [3.05, 3.63) is 23.0 Å². The molecule has 2 aliphatic rings. The molecule has 2 fully saturated rings. The largest absolute Gasteiger partial charge is 0.356 e. The number of rotatable bonds is 5. The maximum Gasteiger partial charge on any atom is 0.270 e. The highest BCUT2D eigenvalue weighted by molar-refractivity contribution is 6.30. The van der Waals surface area contributed by atoms with Crippen LogP contribution < -0.4 is 0 Å². The predicted molar refractivity (Wildman–Crippen MR) is 88.6 cm³/mol. The van der Waals surface area contributed by atoms with Crippen molar-refractivity contribution >= 4 is 23.4 Å². The van der Waals surface area contributed by atoms with Crippen molar-refractivity contribution in [1.29, 1.82) is 0 Å². The van der Waals surface area contributed by atoms with E-state index in [1.165, 1.54) is 0 Å². The lowest BCUT2D eigenvalue weighted by atomic mass is 10.2. The number of nitrogens with zero attached hydrogens (tertiary/aromatic N) is 3. The van der Waals surface area contributed by atoms with Crippen molar-refractivity contribution in [2.24, 2.45) is 0 Å². The molecule has 2 aliphatic heterocycles. The molecule has 0 radical (unpaired) electrons. The minimum Gasteiger partial charge on any atom is -0.356 e. The number of hydrogen-bond donors (Lipinski definition) is 1. The van der Waals surface area contributed by atoms with E-state index in [0.29, 0.717) is 23.0 Å². The first-order chi connectivity index (χ1) is 11.1. The van der Waals surface area contributed by atoms with Crippen molar-refractivity contribution in [2.75, 3.05) is 45.8 Å². The van der Waals surface area contributed by atoms with E-state index in [2.05, 4.69) is 9.88 Å². The molecule has 126 valence electrons. The van der Waals surface area contributed by atoms with Gasteiger partial charge in [0, 0.05) is 51.9 Å². The zero-order chi connectivity index (χ0) is 16.2. The minimum absolute atomic E-state index is 0.0132. The topological polar surface area (TPSA) is 59.7 Å². The standard InChI is InChI=1S/C16H23ClN4O2/c17-13-11-14(18-12-13)16(23)21-9-7-19(8-10-21)4-2-6-20-5-1-3-15(20)22/h11-12,18H,1-10H2. The third kappa shape index (κ3) is 4.06. The van der Waals surface area contributed by atoms with Gasteiger partial charge in [-0.3, -0.25) is 14.5 Å². The summed E-state index contributed by atoms with van der Waals surface area (Å²) in [5, 5.41) is 0.559. The quantitative estimate of drug-likeness (QED) is 0.883. The number of nitrogens with one attached hydrogen (secondary N) is 1. The van der Waals surface area contributed by atoms with Crippen molar-refractivity contribution in [1.82, 2.24) is 19.7 Å². The van der Waals surface area contributed by atoms with E-state index in [1.54, 1.807) is 12.3 Å². The van der Waals surface area contributed by atoms with Crippen molar-refractivity contribution in [3.63, 3.8) is 0 Å². The summed E-state index contributed by atoms with van der Waals surface area (Å²) in [5.74, 6) is 0.309. The van der Waals surface area contributed by atoms with Crippen LogP contribution in [0, 0.1) is 0 Å². The number of H-pyrrole nitrogens is 1. The van der Waals surface area contributed by atoms with Gasteiger partial charge in [-0.25, -0.2) is 0 Å². The number of hydrogen-bond acceptors (Lipinski definition) is 3. The molecule has 3 rings (SSSR count). The Morgan fingerprint density at radius 3 is 2.57 bits per heavy atom. The molecule has 6 nitrogen and oxygen atoms in total. The van der Waals surface area contributed by atoms with Gasteiger partial charge in [0.15, 0.2) is 0 Å². The van der Waals surface area contributed by atoms with Gasteiger partial charge in [-0.05, 0) is 25.5 Å². The second kappa shape index (κ2) is 7.36. The highest BCUT2D eigenvalue weighted by Crippen LogP contribution is 2.14. The first-order valence-electron chi connectivity index (χ1n) is 8.27. The number of aromatic nitrogens is 1. The average molecular weight is 339 g/mol. The van der Waals surface area contributed by atoms with Crippen LogP contribution in [0.15, 0.2) is 12.3 Å². The number of carbonyl (C=O) groups excluding carboxylic acids is 2. The Morgan fingerprint density at radius 1 is 1.17 bits per heavy atom. The highest BCUT2D eigenvalue weighted by Gasteiger charge is 2.23. The van der Waals surface area contributed by atoms with Gasteiger partial charge >= 0.3 is 0 Å². The van der Waals surface area contributed by atoms with Gasteiger partial charge in [0.05, 0.1) is 5.02 Å². The van der Waals surface area contributed by atoms with Crippen LogP contribution in [0.5, 0.6) is 0 Å². The number of aromatic amines is 1. The zero-order valence-electron chi connectivity index (χ0n) is 13.3. The van der Waals surface area contributed by atoms with Gasteiger partial charge in [-0.2, -0.15) is 0 Å². The lowest BCUT2D eigenvalue weighted by Gasteiger charge is -2.34. The van der Waals surface area contributed by atoms with Crippen LogP contribution in [0.1, 0.15) is 29.8 Å². The Hall–Kier alpha value is -1.53. The maximum absolute atomic E-state index is 12.3. The van der Waals surface area contributed by atoms with Crippen molar-refractivity contribution in [3.8, 4) is 0 Å². The molecular weight excluding hydrogens is 316 g/mol. The summed E-state index contributed by atoms with van der Waals surface area (Å²) >= 11 is 5.85. The lowest BCUT2D eigenvalue weighted by molar-refractivity contribution is -0.127. The smallest absolute Gasteiger partial charge is 0.270 e. The van der Waals surface area contributed by atoms with Gasteiger partial charge in [0.25, 0.3) is 5.91 Å². The second-order valence-electron chi connectivity index (χ2n) is 6.20. The van der Waals surface area contributed by atoms with Crippen LogP contribution in [-0.4, -0.2) is 77.3 Å². The van der Waals surface area contributed by atoms with E-state index in [9.17, 15) is 9.59 Å². The normalized spacial score (nSPS) is 19.6. The summed E-state index contributed by atoms with van der Waals surface area (Å²) in [5.41, 5.74) is 0.552. The Morgan fingerprint density at radius 2 is 1.96 bits per heavy atom. The van der Waals surface area contributed by atoms with Gasteiger partial charge in [-0.1, -0.05) is 11.6 Å². The third-order valence-electron chi connectivity index (χ3n) is 4.61. The van der Waals surface area contributed by atoms with E-state index in [-0.39, 0.29) is 5.91 Å². The molecule has 3 heterocycles. The Bertz CT molecular complexity index is 566. The van der Waals surface area contributed by atoms with Crippen LogP contribution in [0.25, 0.3) is 0 Å². The maximum atomic E-state index is 12.3. The van der Waals surface area contributed by atoms with Gasteiger partial charge in [0.2, 0.25) is 5.91 Å². The molecule has 0 saturated carbocycles. The first kappa shape index (κ1) is 16.3. The molecule has 0 atom stereocenters. The van der Waals surface area contributed by atoms with E-state index < -0.39 is 0 Å². The fourth-order valence-electron chi connectivity index (χ4n) is 3.26. The van der Waals surface area contributed by atoms with E-state index in [4.69, 9.17) is 11.6 Å². The Kier molecular flexibility index (Phi) is 5.23. The van der Waals surface area contributed by atoms with E-state index >= 15 is 0 Å². The molecule has 0 unspecified atom stereocenters. The fraction of sp³-hybridized carbons (Fsp3) is 0.625. The zero-order valence-corrected chi connectivity index (χ0v) is 14.0. The predicted octanol–water partition coefficient (Wildman–Crippen LogP) is 1.44. The lowest BCUT2D eigenvalue weighted by Crippen LogP contribution is -2.49. The summed E-state index contributed by atoms with van der Waals surface area (Å²) in [6.07, 6.45) is 4.35. The Balaban J connectivity index is 1.38. The second-order valence-corrected chi connectivity index (χ2v) is 6.64. The van der Waals surface area contributed by atoms with Crippen LogP contribution in [0.2, 0.25) is 5.02 Å². The molecule has 23 heavy (non-hydrogen) atoms. The molecule has 0 aromatic carbocycles. The molecule has 0 spiro atoms. The molecule has 0 aliphatic carbocycles. The van der Waals surface area contributed by atoms with Gasteiger partial charge < -0.3 is 14.8 Å². The summed E-state index contributed by atoms with van der Waals surface area (Å²) in [7, 11) is 0. The third-order valence-corrected chi connectivity index (χ3v) is 4.83. The number of likely N-dealkylation sites (tertiary alicyclic amines) is 1. The summed E-state index contributed by atoms with van der Waals surface area (Å²) in [6, 6.07) is 1.67. The summed E-state index contributed by atoms with van der Waals surface area (Å²) in [4.78, 5) is 33.0. The number of amides is 2. The van der Waals surface area contributed by atoms with Crippen LogP contribution in [-0.2, 0) is 4.79 Å². The van der Waals surface area contributed by atoms with E-state index in [1.807, 2.05) is 9.80 Å². The monoisotopic (exact) mass is 338 g/mol. The van der Waals surface area contributed by atoms with Crippen LogP contribution in [0.4, 0.5) is 0 Å². The van der Waals surface area contributed by atoms with Crippen LogP contribution >= 0.6 is 11.6 Å². The molecular formula is C16H23ClN4O2. The Labute approximate surface area is 141 Å². The van der Waals surface area contributed by atoms with E-state index in [0.717, 1.165) is 58.7 Å². The van der Waals surface area contributed by atoms with Crippen molar-refractivity contribution < 1.29 is 9.59 Å². The summed E-state index contributed by atoms with van der Waals surface area (Å²) in [6.45, 7) is 6.00. The molecule has 2 amide bonds. The van der Waals surface area contributed by atoms with Crippen LogP contribution in [0.3, 0.4) is 0 Å². The SMILES string of the molecule is O=C1CCCN1CCCN1CCN(C(=O)c2cc(Cl)c[nH]2)CC1. The van der Waals surface area contributed by atoms with Gasteiger partial charge in [-0.15, -0.1) is 0 Å². The molecule has 2 saturated heterocycles. The molecule has 1 N–H and O–H groups in total. The highest BCUT2D eigenvalue weighted by atomic mass is 35.5. The molecule has 0 bridgehead atoms. The first-order valence-corrected chi connectivity index (χ1v) is 8.64. The van der Waals surface area contributed by atoms with Gasteiger partial charge in [0.1, 0.15) is 5.69 Å². The number of halogens is 1. The molecule has 1 aromatic heterocycles. The average Bonchev–Trinajstić information content (AvgIpc) is 3.16. The number of carbonyl (C=O) groups is 2. The molecule has 1 aromatic rings. The number of piperazine rings is 1. The minimum atomic E-state index is 0.0132. The van der Waals surface area contributed by atoms with Crippen molar-refractivity contribution in [2.45, 2.75) is 19.3 Å². The summed E-state index contributed by atoms with van der Waals surface area (Å²) < 4.78 is 0. The fourth-order valence-corrected chi connectivity index (χ4v) is 3.43. The molecule has 7 heteroatoms.